The van der Waals surface area contributed by atoms with Gasteiger partial charge in [0.2, 0.25) is 11.8 Å². The molecule has 1 amide bonds. The number of aromatic nitrogens is 2. The average molecular weight is 510 g/mol. The maximum absolute atomic E-state index is 11.9. The molecule has 2 aromatic rings. The second-order valence-corrected chi connectivity index (χ2v) is 10.5. The van der Waals surface area contributed by atoms with Crippen LogP contribution in [0.25, 0.3) is 11.1 Å². The first-order valence-corrected chi connectivity index (χ1v) is 13.6. The number of carbonyl (C=O) groups excluding carboxylic acids is 1. The van der Waals surface area contributed by atoms with Crippen LogP contribution in [-0.4, -0.2) is 80.1 Å². The van der Waals surface area contributed by atoms with E-state index in [1.165, 1.54) is 25.6 Å². The van der Waals surface area contributed by atoms with Crippen molar-refractivity contribution in [2.45, 2.75) is 45.1 Å². The van der Waals surface area contributed by atoms with Crippen molar-refractivity contribution in [2.24, 2.45) is 11.8 Å². The van der Waals surface area contributed by atoms with Crippen molar-refractivity contribution >= 4 is 17.7 Å². The quantitative estimate of drug-likeness (QED) is 0.586. The lowest BCUT2D eigenvalue weighted by atomic mass is 9.87. The predicted molar refractivity (Wildman–Crippen MR) is 143 cm³/mol. The van der Waals surface area contributed by atoms with E-state index in [2.05, 4.69) is 46.4 Å². The van der Waals surface area contributed by atoms with Gasteiger partial charge >= 0.3 is 6.09 Å². The monoisotopic (exact) mass is 509 g/mol. The van der Waals surface area contributed by atoms with Gasteiger partial charge in [0.25, 0.3) is 0 Å². The van der Waals surface area contributed by atoms with E-state index < -0.39 is 0 Å². The number of anilines is 2. The minimum Gasteiger partial charge on any atom is -0.477 e. The Bertz CT molecular complexity index is 1040. The third-order valence-electron chi connectivity index (χ3n) is 7.83. The normalized spacial score (nSPS) is 24.1. The minimum absolute atomic E-state index is 0.238. The molecule has 0 radical (unpaired) electrons. The molecule has 1 N–H and O–H groups in total. The fourth-order valence-corrected chi connectivity index (χ4v) is 5.46. The molecule has 37 heavy (non-hydrogen) atoms. The van der Waals surface area contributed by atoms with Crippen LogP contribution in [0.1, 0.15) is 39.0 Å². The van der Waals surface area contributed by atoms with Gasteiger partial charge in [-0.3, -0.25) is 0 Å². The Kier molecular flexibility index (Phi) is 8.28. The molecule has 1 aromatic heterocycles. The first-order chi connectivity index (χ1) is 18.1. The number of morpholine rings is 1. The molecule has 1 atom stereocenters. The van der Waals surface area contributed by atoms with Gasteiger partial charge in [0.15, 0.2) is 0 Å². The molecule has 1 aromatic carbocycles. The lowest BCUT2D eigenvalue weighted by Crippen LogP contribution is -2.36. The Morgan fingerprint density at radius 1 is 1.08 bits per heavy atom. The zero-order chi connectivity index (χ0) is 25.6. The molecule has 0 bridgehead atoms. The van der Waals surface area contributed by atoms with Crippen LogP contribution >= 0.6 is 0 Å². The highest BCUT2D eigenvalue weighted by atomic mass is 16.5. The van der Waals surface area contributed by atoms with Gasteiger partial charge in [-0.15, -0.1) is 0 Å². The largest absolute Gasteiger partial charge is 0.477 e. The van der Waals surface area contributed by atoms with Crippen molar-refractivity contribution < 1.29 is 19.0 Å². The summed E-state index contributed by atoms with van der Waals surface area (Å²) in [5.41, 5.74) is 3.08. The van der Waals surface area contributed by atoms with Gasteiger partial charge in [-0.2, -0.15) is 4.98 Å². The SMILES string of the molecule is COC(=O)N1CC[C@@H](COc2nc(N[C@H]3CC[C@@H](C)CC3)ncc2-c2ccc(N3CCOCC3)cc2)C1. The van der Waals surface area contributed by atoms with Crippen LogP contribution in [0.4, 0.5) is 16.4 Å². The summed E-state index contributed by atoms with van der Waals surface area (Å²) in [5, 5.41) is 3.54. The number of nitrogens with zero attached hydrogens (tertiary/aromatic N) is 4. The minimum atomic E-state index is -0.279. The Morgan fingerprint density at radius 2 is 1.84 bits per heavy atom. The lowest BCUT2D eigenvalue weighted by Gasteiger charge is -2.29. The van der Waals surface area contributed by atoms with Crippen LogP contribution in [0, 0.1) is 11.8 Å². The molecule has 1 aliphatic carbocycles. The van der Waals surface area contributed by atoms with Crippen LogP contribution in [0.5, 0.6) is 5.88 Å². The number of methoxy groups -OCH3 is 1. The molecule has 200 valence electrons. The van der Waals surface area contributed by atoms with Crippen molar-refractivity contribution in [3.63, 3.8) is 0 Å². The van der Waals surface area contributed by atoms with Crippen LogP contribution in [0.15, 0.2) is 30.5 Å². The van der Waals surface area contributed by atoms with Crippen molar-refractivity contribution in [3.8, 4) is 17.0 Å². The van der Waals surface area contributed by atoms with Crippen LogP contribution in [-0.2, 0) is 9.47 Å². The highest BCUT2D eigenvalue weighted by Crippen LogP contribution is 2.32. The lowest BCUT2D eigenvalue weighted by molar-refractivity contribution is 0.122. The average Bonchev–Trinajstić information content (AvgIpc) is 3.43. The molecule has 2 aliphatic heterocycles. The summed E-state index contributed by atoms with van der Waals surface area (Å²) >= 11 is 0. The van der Waals surface area contributed by atoms with Gasteiger partial charge in [-0.25, -0.2) is 9.78 Å². The maximum atomic E-state index is 11.9. The van der Waals surface area contributed by atoms with E-state index in [9.17, 15) is 4.79 Å². The van der Waals surface area contributed by atoms with Crippen LogP contribution in [0.2, 0.25) is 0 Å². The molecular weight excluding hydrogens is 470 g/mol. The maximum Gasteiger partial charge on any atom is 0.409 e. The zero-order valence-electron chi connectivity index (χ0n) is 22.0. The van der Waals surface area contributed by atoms with E-state index in [1.54, 1.807) is 4.90 Å². The molecular formula is C28H39N5O4. The number of amides is 1. The first kappa shape index (κ1) is 25.6. The zero-order valence-corrected chi connectivity index (χ0v) is 22.0. The summed E-state index contributed by atoms with van der Waals surface area (Å²) in [4.78, 5) is 25.5. The molecule has 5 rings (SSSR count). The number of nitrogens with one attached hydrogen (secondary N) is 1. The summed E-state index contributed by atoms with van der Waals surface area (Å²) in [5.74, 6) is 2.22. The number of ether oxygens (including phenoxy) is 3. The molecule has 2 saturated heterocycles. The van der Waals surface area contributed by atoms with Gasteiger partial charge < -0.3 is 29.3 Å². The van der Waals surface area contributed by atoms with Gasteiger partial charge in [0.1, 0.15) is 0 Å². The second-order valence-electron chi connectivity index (χ2n) is 10.5. The summed E-state index contributed by atoms with van der Waals surface area (Å²) in [6.07, 6.45) is 7.21. The fourth-order valence-electron chi connectivity index (χ4n) is 5.46. The molecule has 0 unspecified atom stereocenters. The highest BCUT2D eigenvalue weighted by molar-refractivity contribution is 5.70. The third-order valence-corrected chi connectivity index (χ3v) is 7.83. The third kappa shape index (κ3) is 6.44. The van der Waals surface area contributed by atoms with Gasteiger partial charge in [-0.1, -0.05) is 19.1 Å². The Balaban J connectivity index is 1.32. The summed E-state index contributed by atoms with van der Waals surface area (Å²) < 4.78 is 16.7. The van der Waals surface area contributed by atoms with Gasteiger partial charge in [-0.05, 0) is 55.7 Å². The molecule has 0 spiro atoms. The topological polar surface area (TPSA) is 89.0 Å². The number of rotatable bonds is 7. The van der Waals surface area contributed by atoms with E-state index in [-0.39, 0.29) is 12.0 Å². The molecule has 9 heteroatoms. The molecule has 9 nitrogen and oxygen atoms in total. The van der Waals surface area contributed by atoms with E-state index >= 15 is 0 Å². The van der Waals surface area contributed by atoms with E-state index in [4.69, 9.17) is 19.2 Å². The smallest absolute Gasteiger partial charge is 0.409 e. The second kappa shape index (κ2) is 12.0. The fraction of sp³-hybridized carbons (Fsp3) is 0.607. The molecule has 3 aliphatic rings. The van der Waals surface area contributed by atoms with Crippen molar-refractivity contribution in [3.05, 3.63) is 30.5 Å². The predicted octanol–water partition coefficient (Wildman–Crippen LogP) is 4.44. The van der Waals surface area contributed by atoms with Crippen LogP contribution in [0.3, 0.4) is 0 Å². The molecule has 3 fully saturated rings. The summed E-state index contributed by atoms with van der Waals surface area (Å²) in [6.45, 7) is 7.46. The highest BCUT2D eigenvalue weighted by Gasteiger charge is 2.28. The van der Waals surface area contributed by atoms with Crippen molar-refractivity contribution in [2.75, 3.05) is 63.3 Å². The van der Waals surface area contributed by atoms with E-state index in [0.29, 0.717) is 37.6 Å². The first-order valence-electron chi connectivity index (χ1n) is 13.6. The van der Waals surface area contributed by atoms with Gasteiger partial charge in [0.05, 0.1) is 32.5 Å². The number of hydrogen-bond donors (Lipinski definition) is 1. The van der Waals surface area contributed by atoms with E-state index in [0.717, 1.165) is 62.6 Å². The number of likely N-dealkylation sites (tertiary alicyclic amines) is 1. The molecule has 3 heterocycles. The van der Waals surface area contributed by atoms with Crippen LogP contribution < -0.4 is 15.0 Å². The number of carbonyl (C=O) groups is 1. The Labute approximate surface area is 219 Å². The summed E-state index contributed by atoms with van der Waals surface area (Å²) in [7, 11) is 1.42. The summed E-state index contributed by atoms with van der Waals surface area (Å²) in [6, 6.07) is 8.91. The Hall–Kier alpha value is -3.07. The molecule has 1 saturated carbocycles. The standard InChI is InChI=1S/C28H39N5O4/c1-20-3-7-23(8-4-20)30-27-29-17-25(22-5-9-24(10-6-22)32-13-15-36-16-14-32)26(31-27)37-19-21-11-12-33(18-21)28(34)35-2/h5-6,9-10,17,20-21,23H,3-4,7-8,11-16,18-19H2,1-2H3,(H,29,30,31)/t20-,21-,23+/m1/s1. The van der Waals surface area contributed by atoms with E-state index in [1.807, 2.05) is 6.20 Å². The number of benzene rings is 1. The Morgan fingerprint density at radius 3 is 2.57 bits per heavy atom. The van der Waals surface area contributed by atoms with Crippen molar-refractivity contribution in [1.82, 2.24) is 14.9 Å². The van der Waals surface area contributed by atoms with Gasteiger partial charge in [0, 0.05) is 50.0 Å². The van der Waals surface area contributed by atoms with Crippen molar-refractivity contribution in [1.29, 1.82) is 0 Å². The number of hydrogen-bond acceptors (Lipinski definition) is 8.